The number of carbonyl (C=O) groups is 3. The second-order valence-electron chi connectivity index (χ2n) is 7.15. The fraction of sp³-hybridized carbons (Fsp3) is 0.292. The number of amides is 1. The highest BCUT2D eigenvalue weighted by atomic mass is 35.5. The van der Waals surface area contributed by atoms with E-state index in [0.717, 1.165) is 11.1 Å². The zero-order valence-electron chi connectivity index (χ0n) is 17.5. The van der Waals surface area contributed by atoms with Crippen LogP contribution in [-0.4, -0.2) is 35.9 Å². The maximum atomic E-state index is 13.1. The van der Waals surface area contributed by atoms with E-state index >= 15 is 0 Å². The van der Waals surface area contributed by atoms with Gasteiger partial charge < -0.3 is 14.4 Å². The van der Waals surface area contributed by atoms with Gasteiger partial charge in [0.05, 0.1) is 12.2 Å². The molecule has 162 valence electrons. The summed E-state index contributed by atoms with van der Waals surface area (Å²) in [6.07, 6.45) is 0.0359. The van der Waals surface area contributed by atoms with E-state index in [2.05, 4.69) is 0 Å². The van der Waals surface area contributed by atoms with Gasteiger partial charge >= 0.3 is 11.9 Å². The van der Waals surface area contributed by atoms with Gasteiger partial charge in [0.1, 0.15) is 13.2 Å². The Bertz CT molecular complexity index is 985. The fourth-order valence-corrected chi connectivity index (χ4v) is 3.71. The summed E-state index contributed by atoms with van der Waals surface area (Å²) < 4.78 is 10.6. The monoisotopic (exact) mass is 441 g/mol. The van der Waals surface area contributed by atoms with Gasteiger partial charge in [-0.2, -0.15) is 0 Å². The van der Waals surface area contributed by atoms with Gasteiger partial charge in [0, 0.05) is 23.1 Å². The SMILES string of the molecule is CCOC(=O)CN1C(=O)CC(c2ccc(Cl)cc2)C(C(=O)OCc2ccccc2)=C1C. The molecular formula is C24H24ClNO5. The van der Waals surface area contributed by atoms with E-state index in [9.17, 15) is 14.4 Å². The topological polar surface area (TPSA) is 72.9 Å². The minimum absolute atomic E-state index is 0.0359. The summed E-state index contributed by atoms with van der Waals surface area (Å²) in [7, 11) is 0. The first-order chi connectivity index (χ1) is 14.9. The molecule has 1 heterocycles. The zero-order chi connectivity index (χ0) is 22.4. The molecule has 1 aliphatic heterocycles. The van der Waals surface area contributed by atoms with Crippen molar-refractivity contribution in [1.82, 2.24) is 4.90 Å². The smallest absolute Gasteiger partial charge is 0.336 e. The van der Waals surface area contributed by atoms with Gasteiger partial charge in [0.25, 0.3) is 0 Å². The minimum Gasteiger partial charge on any atom is -0.465 e. The molecule has 0 spiro atoms. The van der Waals surface area contributed by atoms with Crippen LogP contribution in [0.15, 0.2) is 65.9 Å². The number of hydrogen-bond acceptors (Lipinski definition) is 5. The number of carbonyl (C=O) groups excluding carboxylic acids is 3. The number of hydrogen-bond donors (Lipinski definition) is 0. The number of halogens is 1. The predicted octanol–water partition coefficient (Wildman–Crippen LogP) is 4.24. The van der Waals surface area contributed by atoms with Crippen LogP contribution in [0.5, 0.6) is 0 Å². The molecule has 0 saturated carbocycles. The molecule has 0 fully saturated rings. The second-order valence-corrected chi connectivity index (χ2v) is 7.59. The second kappa shape index (κ2) is 10.3. The minimum atomic E-state index is -0.530. The van der Waals surface area contributed by atoms with E-state index in [1.807, 2.05) is 30.3 Å². The maximum Gasteiger partial charge on any atom is 0.336 e. The Balaban J connectivity index is 1.93. The lowest BCUT2D eigenvalue weighted by molar-refractivity contribution is -0.149. The van der Waals surface area contributed by atoms with Crippen LogP contribution in [0.2, 0.25) is 5.02 Å². The lowest BCUT2D eigenvalue weighted by Crippen LogP contribution is -2.41. The molecule has 2 aromatic carbocycles. The van der Waals surface area contributed by atoms with Crippen molar-refractivity contribution in [3.8, 4) is 0 Å². The van der Waals surface area contributed by atoms with Crippen LogP contribution < -0.4 is 0 Å². The van der Waals surface area contributed by atoms with Crippen LogP contribution in [0.3, 0.4) is 0 Å². The van der Waals surface area contributed by atoms with E-state index in [-0.39, 0.29) is 32.1 Å². The highest BCUT2D eigenvalue weighted by molar-refractivity contribution is 6.30. The Kier molecular flexibility index (Phi) is 7.47. The molecule has 0 saturated heterocycles. The number of benzene rings is 2. The van der Waals surface area contributed by atoms with E-state index < -0.39 is 17.9 Å². The molecule has 31 heavy (non-hydrogen) atoms. The standard InChI is InChI=1S/C24H24ClNO5/c1-3-30-22(28)14-26-16(2)23(24(29)31-15-17-7-5-4-6-8-17)20(13-21(26)27)18-9-11-19(25)12-10-18/h4-12,20H,3,13-15H2,1-2H3. The van der Waals surface area contributed by atoms with E-state index in [4.69, 9.17) is 21.1 Å². The number of allylic oxidation sites excluding steroid dienone is 1. The third kappa shape index (κ3) is 5.52. The Labute approximate surface area is 186 Å². The average molecular weight is 442 g/mol. The molecule has 0 radical (unpaired) electrons. The van der Waals surface area contributed by atoms with Crippen LogP contribution in [0, 0.1) is 0 Å². The molecule has 0 bridgehead atoms. The number of nitrogens with zero attached hydrogens (tertiary/aromatic N) is 1. The first kappa shape index (κ1) is 22.6. The van der Waals surface area contributed by atoms with Crippen molar-refractivity contribution in [2.75, 3.05) is 13.2 Å². The Morgan fingerprint density at radius 2 is 1.74 bits per heavy atom. The molecule has 2 aromatic rings. The van der Waals surface area contributed by atoms with Crippen LogP contribution in [0.4, 0.5) is 0 Å². The normalized spacial score (nSPS) is 16.3. The lowest BCUT2D eigenvalue weighted by Gasteiger charge is -2.34. The van der Waals surface area contributed by atoms with Gasteiger partial charge in [-0.1, -0.05) is 54.1 Å². The van der Waals surface area contributed by atoms with Crippen LogP contribution in [0.25, 0.3) is 0 Å². The summed E-state index contributed by atoms with van der Waals surface area (Å²) in [6.45, 7) is 3.42. The third-order valence-electron chi connectivity index (χ3n) is 5.12. The van der Waals surface area contributed by atoms with Crippen molar-refractivity contribution in [1.29, 1.82) is 0 Å². The van der Waals surface area contributed by atoms with Crippen molar-refractivity contribution in [3.05, 3.63) is 82.0 Å². The molecule has 7 heteroatoms. The molecule has 0 aliphatic carbocycles. The fourth-order valence-electron chi connectivity index (χ4n) is 3.58. The molecule has 3 rings (SSSR count). The van der Waals surface area contributed by atoms with Gasteiger partial charge in [0.2, 0.25) is 5.91 Å². The van der Waals surface area contributed by atoms with Gasteiger partial charge in [-0.25, -0.2) is 4.79 Å². The summed E-state index contributed by atoms with van der Waals surface area (Å²) in [5, 5.41) is 0.559. The summed E-state index contributed by atoms with van der Waals surface area (Å²) >= 11 is 6.00. The van der Waals surface area contributed by atoms with Gasteiger partial charge in [-0.3, -0.25) is 9.59 Å². The number of rotatable bonds is 7. The van der Waals surface area contributed by atoms with Crippen molar-refractivity contribution in [2.24, 2.45) is 0 Å². The largest absolute Gasteiger partial charge is 0.465 e. The molecule has 0 aromatic heterocycles. The van der Waals surface area contributed by atoms with E-state index in [0.29, 0.717) is 16.3 Å². The van der Waals surface area contributed by atoms with Gasteiger partial charge in [-0.05, 0) is 37.1 Å². The average Bonchev–Trinajstić information content (AvgIpc) is 2.76. The lowest BCUT2D eigenvalue weighted by atomic mass is 9.83. The Hall–Kier alpha value is -3.12. The first-order valence-electron chi connectivity index (χ1n) is 10.0. The summed E-state index contributed by atoms with van der Waals surface area (Å²) in [5.74, 6) is -1.81. The number of ether oxygens (including phenoxy) is 2. The van der Waals surface area contributed by atoms with E-state index in [1.165, 1.54) is 4.90 Å². The Morgan fingerprint density at radius 1 is 1.06 bits per heavy atom. The van der Waals surface area contributed by atoms with Crippen molar-refractivity contribution in [2.45, 2.75) is 32.8 Å². The predicted molar refractivity (Wildman–Crippen MR) is 116 cm³/mol. The maximum absolute atomic E-state index is 13.1. The third-order valence-corrected chi connectivity index (χ3v) is 5.37. The molecular weight excluding hydrogens is 418 g/mol. The zero-order valence-corrected chi connectivity index (χ0v) is 18.2. The highest BCUT2D eigenvalue weighted by Gasteiger charge is 2.37. The van der Waals surface area contributed by atoms with Crippen molar-refractivity contribution in [3.63, 3.8) is 0 Å². The summed E-state index contributed by atoms with van der Waals surface area (Å²) in [6, 6.07) is 16.4. The summed E-state index contributed by atoms with van der Waals surface area (Å²) in [4.78, 5) is 39.3. The molecule has 0 N–H and O–H groups in total. The molecule has 1 atom stereocenters. The van der Waals surface area contributed by atoms with Gasteiger partial charge in [0.15, 0.2) is 0 Å². The molecule has 1 aliphatic rings. The van der Waals surface area contributed by atoms with Crippen LogP contribution in [0.1, 0.15) is 37.3 Å². The molecule has 1 unspecified atom stereocenters. The van der Waals surface area contributed by atoms with Crippen molar-refractivity contribution < 1.29 is 23.9 Å². The molecule has 6 nitrogen and oxygen atoms in total. The first-order valence-corrected chi connectivity index (χ1v) is 10.4. The summed E-state index contributed by atoms with van der Waals surface area (Å²) in [5.41, 5.74) is 2.37. The van der Waals surface area contributed by atoms with Crippen LogP contribution >= 0.6 is 11.6 Å². The highest BCUT2D eigenvalue weighted by Crippen LogP contribution is 2.37. The Morgan fingerprint density at radius 3 is 2.39 bits per heavy atom. The van der Waals surface area contributed by atoms with Crippen molar-refractivity contribution >= 4 is 29.4 Å². The molecule has 1 amide bonds. The van der Waals surface area contributed by atoms with Crippen LogP contribution in [-0.2, 0) is 30.5 Å². The number of esters is 2. The van der Waals surface area contributed by atoms with E-state index in [1.54, 1.807) is 38.1 Å². The quantitative estimate of drug-likeness (QED) is 0.601. The van der Waals surface area contributed by atoms with Gasteiger partial charge in [-0.15, -0.1) is 0 Å².